The average Bonchev–Trinajstić information content (AvgIpc) is 3.43. The van der Waals surface area contributed by atoms with Gasteiger partial charge in [-0.2, -0.15) is 0 Å². The van der Waals surface area contributed by atoms with Gasteiger partial charge in [-0.25, -0.2) is 0 Å². The predicted molar refractivity (Wildman–Crippen MR) is 130 cm³/mol. The van der Waals surface area contributed by atoms with Crippen molar-refractivity contribution in [2.24, 2.45) is 0 Å². The van der Waals surface area contributed by atoms with E-state index in [2.05, 4.69) is 39.8 Å². The lowest BCUT2D eigenvalue weighted by molar-refractivity contribution is -0.126. The number of amides is 1. The van der Waals surface area contributed by atoms with E-state index in [-0.39, 0.29) is 18.0 Å². The van der Waals surface area contributed by atoms with Crippen LogP contribution in [0, 0.1) is 0 Å². The fraction of sp³-hybridized carbons (Fsp3) is 0.423. The maximum absolute atomic E-state index is 13.0. The minimum atomic E-state index is -0.138. The van der Waals surface area contributed by atoms with E-state index < -0.39 is 0 Å². The number of fused-ring (bicyclic) bond motifs is 1. The monoisotopic (exact) mass is 453 g/mol. The summed E-state index contributed by atoms with van der Waals surface area (Å²) in [5, 5.41) is 7.40. The van der Waals surface area contributed by atoms with Crippen LogP contribution in [-0.2, 0) is 22.4 Å². The van der Waals surface area contributed by atoms with E-state index in [4.69, 9.17) is 16.3 Å². The topological polar surface area (TPSA) is 53.6 Å². The van der Waals surface area contributed by atoms with Gasteiger partial charge in [0.1, 0.15) is 0 Å². The maximum Gasteiger partial charge on any atom is 0.237 e. The molecule has 5 nitrogen and oxygen atoms in total. The molecule has 2 N–H and O–H groups in total. The second kappa shape index (κ2) is 11.1. The second-order valence-corrected chi connectivity index (χ2v) is 9.13. The molecular formula is C26H32ClN3O2. The van der Waals surface area contributed by atoms with Crippen molar-refractivity contribution in [2.75, 3.05) is 33.4 Å². The number of rotatable bonds is 9. The Morgan fingerprint density at radius 2 is 1.81 bits per heavy atom. The van der Waals surface area contributed by atoms with Crippen LogP contribution >= 0.6 is 11.6 Å². The summed E-state index contributed by atoms with van der Waals surface area (Å²) >= 11 is 6.49. The highest BCUT2D eigenvalue weighted by Gasteiger charge is 2.41. The van der Waals surface area contributed by atoms with Crippen molar-refractivity contribution in [1.82, 2.24) is 15.5 Å². The number of ether oxygens (including phenoxy) is 1. The van der Waals surface area contributed by atoms with Crippen LogP contribution in [0.4, 0.5) is 0 Å². The van der Waals surface area contributed by atoms with Gasteiger partial charge in [0.15, 0.2) is 0 Å². The van der Waals surface area contributed by atoms with Gasteiger partial charge in [-0.3, -0.25) is 9.69 Å². The number of hydrogen-bond acceptors (Lipinski definition) is 4. The number of carbonyl (C=O) groups is 1. The van der Waals surface area contributed by atoms with Crippen LogP contribution in [-0.4, -0.2) is 62.3 Å². The smallest absolute Gasteiger partial charge is 0.237 e. The maximum atomic E-state index is 13.0. The van der Waals surface area contributed by atoms with E-state index in [9.17, 15) is 4.79 Å². The number of hydrogen-bond donors (Lipinski definition) is 2. The number of likely N-dealkylation sites (tertiary alicyclic amines) is 1. The first-order valence-electron chi connectivity index (χ1n) is 11.4. The quantitative estimate of drug-likeness (QED) is 0.572. The van der Waals surface area contributed by atoms with E-state index >= 15 is 0 Å². The third-order valence-electron chi connectivity index (χ3n) is 6.43. The van der Waals surface area contributed by atoms with Crippen LogP contribution in [0.3, 0.4) is 0 Å². The molecule has 1 saturated heterocycles. The van der Waals surface area contributed by atoms with Crippen molar-refractivity contribution in [2.45, 2.75) is 37.4 Å². The van der Waals surface area contributed by atoms with E-state index in [0.717, 1.165) is 36.4 Å². The molecule has 4 rings (SSSR count). The normalized spacial score (nSPS) is 21.6. The van der Waals surface area contributed by atoms with Gasteiger partial charge in [0.25, 0.3) is 0 Å². The van der Waals surface area contributed by atoms with Crippen molar-refractivity contribution in [3.63, 3.8) is 0 Å². The van der Waals surface area contributed by atoms with Crippen molar-refractivity contribution >= 4 is 23.6 Å². The highest BCUT2D eigenvalue weighted by Crippen LogP contribution is 2.31. The Hall–Kier alpha value is -2.18. The molecule has 170 valence electrons. The van der Waals surface area contributed by atoms with Crippen LogP contribution < -0.4 is 10.6 Å². The van der Waals surface area contributed by atoms with E-state index in [1.54, 1.807) is 7.11 Å². The predicted octanol–water partition coefficient (Wildman–Crippen LogP) is 3.23. The first-order valence-corrected chi connectivity index (χ1v) is 11.8. The Kier molecular flexibility index (Phi) is 7.98. The number of nitrogens with zero attached hydrogens (tertiary/aromatic N) is 1. The zero-order valence-corrected chi connectivity index (χ0v) is 19.4. The largest absolute Gasteiger partial charge is 0.383 e. The van der Waals surface area contributed by atoms with Crippen molar-refractivity contribution < 1.29 is 9.53 Å². The van der Waals surface area contributed by atoms with Crippen LogP contribution in [0.1, 0.15) is 23.1 Å². The van der Waals surface area contributed by atoms with Gasteiger partial charge < -0.3 is 15.4 Å². The second-order valence-electron chi connectivity index (χ2n) is 8.64. The lowest BCUT2D eigenvalue weighted by atomic mass is 10.1. The van der Waals surface area contributed by atoms with Gasteiger partial charge in [-0.15, -0.1) is 0 Å². The number of nitrogens with one attached hydrogen (secondary N) is 2. The van der Waals surface area contributed by atoms with Crippen LogP contribution in [0.25, 0.3) is 6.08 Å². The molecule has 6 heteroatoms. The third-order valence-corrected chi connectivity index (χ3v) is 6.67. The lowest BCUT2D eigenvalue weighted by Crippen LogP contribution is -2.48. The molecule has 1 amide bonds. The molecule has 0 saturated carbocycles. The molecule has 0 spiro atoms. The fourth-order valence-electron chi connectivity index (χ4n) is 4.86. The Bertz CT molecular complexity index is 909. The Morgan fingerprint density at radius 3 is 2.50 bits per heavy atom. The van der Waals surface area contributed by atoms with Crippen LogP contribution in [0.2, 0.25) is 0 Å². The summed E-state index contributed by atoms with van der Waals surface area (Å²) in [5.74, 6) is 0.0910. The summed E-state index contributed by atoms with van der Waals surface area (Å²) in [6.07, 6.45) is 4.77. The molecule has 1 aliphatic heterocycles. The van der Waals surface area contributed by atoms with Gasteiger partial charge in [0, 0.05) is 43.9 Å². The zero-order valence-electron chi connectivity index (χ0n) is 18.6. The molecule has 1 fully saturated rings. The van der Waals surface area contributed by atoms with Crippen molar-refractivity contribution in [1.29, 1.82) is 0 Å². The summed E-state index contributed by atoms with van der Waals surface area (Å²) in [6.45, 7) is 2.50. The Morgan fingerprint density at radius 1 is 1.12 bits per heavy atom. The number of halogens is 1. The lowest BCUT2D eigenvalue weighted by Gasteiger charge is -2.29. The Balaban J connectivity index is 1.40. The molecule has 1 heterocycles. The first kappa shape index (κ1) is 23.0. The van der Waals surface area contributed by atoms with Gasteiger partial charge in [-0.05, 0) is 42.0 Å². The third kappa shape index (κ3) is 5.78. The summed E-state index contributed by atoms with van der Waals surface area (Å²) in [4.78, 5) is 15.4. The average molecular weight is 454 g/mol. The molecule has 2 aromatic rings. The number of methoxy groups -OCH3 is 1. The molecule has 2 atom stereocenters. The van der Waals surface area contributed by atoms with Crippen LogP contribution in [0.15, 0.2) is 59.6 Å². The zero-order chi connectivity index (χ0) is 22.3. The van der Waals surface area contributed by atoms with Gasteiger partial charge in [0.2, 0.25) is 5.91 Å². The highest BCUT2D eigenvalue weighted by molar-refractivity contribution is 6.31. The molecule has 0 radical (unpaired) electrons. The molecular weight excluding hydrogens is 422 g/mol. The van der Waals surface area contributed by atoms with Gasteiger partial charge in [0.05, 0.1) is 12.6 Å². The summed E-state index contributed by atoms with van der Waals surface area (Å²) < 4.78 is 5.10. The Labute approximate surface area is 195 Å². The minimum absolute atomic E-state index is 0.0910. The molecule has 32 heavy (non-hydrogen) atoms. The van der Waals surface area contributed by atoms with Gasteiger partial charge in [-0.1, -0.05) is 66.2 Å². The minimum Gasteiger partial charge on any atom is -0.383 e. The molecule has 0 bridgehead atoms. The number of carbonyl (C=O) groups excluding carboxylic acids is 1. The molecule has 0 unspecified atom stereocenters. The van der Waals surface area contributed by atoms with E-state index in [1.807, 2.05) is 36.4 Å². The highest BCUT2D eigenvalue weighted by atomic mass is 35.5. The molecule has 2 aromatic carbocycles. The van der Waals surface area contributed by atoms with E-state index in [1.165, 1.54) is 11.1 Å². The molecule has 0 aromatic heterocycles. The van der Waals surface area contributed by atoms with Crippen LogP contribution in [0.5, 0.6) is 0 Å². The molecule has 1 aliphatic carbocycles. The van der Waals surface area contributed by atoms with Gasteiger partial charge >= 0.3 is 0 Å². The van der Waals surface area contributed by atoms with Crippen molar-refractivity contribution in [3.8, 4) is 0 Å². The molecule has 2 aliphatic rings. The SMILES string of the molecule is COCCNC(=O)[C@@H]1C[C@@H](NCC(Cl)=Cc2ccccc2)CN1C1Cc2ccccc2C1. The first-order chi connectivity index (χ1) is 15.6. The number of benzene rings is 2. The van der Waals surface area contributed by atoms with E-state index in [0.29, 0.717) is 25.7 Å². The summed E-state index contributed by atoms with van der Waals surface area (Å²) in [6, 6.07) is 19.1. The summed E-state index contributed by atoms with van der Waals surface area (Å²) in [7, 11) is 1.65. The standard InChI is InChI=1S/C26H32ClN3O2/c1-32-12-11-28-26(31)25-16-23(29-17-22(27)13-19-7-3-2-4-8-19)18-30(25)24-14-20-9-5-6-10-21(20)15-24/h2-10,13,23-25,29H,11-12,14-18H2,1H3,(H,28,31)/t23-,25+/m1/s1. The van der Waals surface area contributed by atoms with Crippen molar-refractivity contribution in [3.05, 3.63) is 76.3 Å². The fourth-order valence-corrected chi connectivity index (χ4v) is 5.06. The summed E-state index contributed by atoms with van der Waals surface area (Å²) in [5.41, 5.74) is 3.90.